The SMILES string of the molecule is CC(C)C(O)c1cc2cccc(F)c2o1. The van der Waals surface area contributed by atoms with Gasteiger partial charge in [0.05, 0.1) is 0 Å². The Morgan fingerprint density at radius 2 is 2.07 bits per heavy atom. The van der Waals surface area contributed by atoms with Gasteiger partial charge in [0.25, 0.3) is 0 Å². The van der Waals surface area contributed by atoms with Gasteiger partial charge in [-0.05, 0) is 18.1 Å². The van der Waals surface area contributed by atoms with Crippen LogP contribution in [0.15, 0.2) is 28.7 Å². The molecule has 0 radical (unpaired) electrons. The quantitative estimate of drug-likeness (QED) is 0.821. The number of furan rings is 1. The van der Waals surface area contributed by atoms with E-state index in [1.165, 1.54) is 6.07 Å². The molecule has 2 aromatic rings. The third kappa shape index (κ3) is 1.75. The summed E-state index contributed by atoms with van der Waals surface area (Å²) >= 11 is 0. The van der Waals surface area contributed by atoms with Gasteiger partial charge in [-0.1, -0.05) is 26.0 Å². The average Bonchev–Trinajstić information content (AvgIpc) is 2.61. The second-order valence-corrected chi connectivity index (χ2v) is 4.00. The van der Waals surface area contributed by atoms with Crippen LogP contribution in [0.2, 0.25) is 0 Å². The molecule has 1 N–H and O–H groups in total. The highest BCUT2D eigenvalue weighted by atomic mass is 19.1. The standard InChI is InChI=1S/C12H13FO2/c1-7(2)11(14)10-6-8-4-3-5-9(13)12(8)15-10/h3-7,11,14H,1-2H3. The Hall–Kier alpha value is -1.35. The van der Waals surface area contributed by atoms with Crippen molar-refractivity contribution in [3.05, 3.63) is 35.8 Å². The first-order valence-corrected chi connectivity index (χ1v) is 4.95. The summed E-state index contributed by atoms with van der Waals surface area (Å²) in [4.78, 5) is 0. The van der Waals surface area contributed by atoms with Crippen LogP contribution in [0.3, 0.4) is 0 Å². The van der Waals surface area contributed by atoms with Gasteiger partial charge >= 0.3 is 0 Å². The molecule has 15 heavy (non-hydrogen) atoms. The van der Waals surface area contributed by atoms with E-state index in [-0.39, 0.29) is 11.5 Å². The lowest BCUT2D eigenvalue weighted by Gasteiger charge is -2.10. The molecular weight excluding hydrogens is 195 g/mol. The molecule has 0 amide bonds. The number of hydrogen-bond donors (Lipinski definition) is 1. The van der Waals surface area contributed by atoms with Crippen molar-refractivity contribution in [2.24, 2.45) is 5.92 Å². The van der Waals surface area contributed by atoms with Gasteiger partial charge in [0.2, 0.25) is 0 Å². The van der Waals surface area contributed by atoms with E-state index in [0.717, 1.165) is 0 Å². The summed E-state index contributed by atoms with van der Waals surface area (Å²) in [5, 5.41) is 10.5. The lowest BCUT2D eigenvalue weighted by molar-refractivity contribution is 0.104. The lowest BCUT2D eigenvalue weighted by atomic mass is 10.1. The molecule has 3 heteroatoms. The molecule has 1 aromatic heterocycles. The third-order valence-corrected chi connectivity index (χ3v) is 2.44. The predicted molar refractivity (Wildman–Crippen MR) is 56.0 cm³/mol. The third-order valence-electron chi connectivity index (χ3n) is 2.44. The maximum atomic E-state index is 13.3. The first kappa shape index (κ1) is 10.2. The Kier molecular flexibility index (Phi) is 2.49. The molecule has 1 atom stereocenters. The zero-order valence-electron chi connectivity index (χ0n) is 8.70. The fourth-order valence-corrected chi connectivity index (χ4v) is 1.52. The Balaban J connectivity index is 2.52. The molecule has 0 saturated carbocycles. The van der Waals surface area contributed by atoms with E-state index < -0.39 is 11.9 Å². The Labute approximate surface area is 87.3 Å². The van der Waals surface area contributed by atoms with Gasteiger partial charge in [0, 0.05) is 5.39 Å². The molecule has 0 fully saturated rings. The minimum Gasteiger partial charge on any atom is -0.455 e. The molecule has 0 spiro atoms. The minimum absolute atomic E-state index is 0.0497. The lowest BCUT2D eigenvalue weighted by Crippen LogP contribution is -2.03. The second kappa shape index (κ2) is 3.66. The number of aliphatic hydroxyl groups is 1. The number of para-hydroxylation sites is 1. The van der Waals surface area contributed by atoms with E-state index in [9.17, 15) is 9.50 Å². The van der Waals surface area contributed by atoms with Crippen LogP contribution in [0.1, 0.15) is 25.7 Å². The molecule has 1 aromatic carbocycles. The van der Waals surface area contributed by atoms with Crippen molar-refractivity contribution < 1.29 is 13.9 Å². The van der Waals surface area contributed by atoms with Crippen molar-refractivity contribution in [3.63, 3.8) is 0 Å². The number of hydrogen-bond acceptors (Lipinski definition) is 2. The first-order chi connectivity index (χ1) is 7.09. The predicted octanol–water partition coefficient (Wildman–Crippen LogP) is 3.26. The molecule has 0 aliphatic rings. The van der Waals surface area contributed by atoms with Crippen molar-refractivity contribution >= 4 is 11.0 Å². The summed E-state index contributed by atoms with van der Waals surface area (Å²) in [6.07, 6.45) is -0.684. The Morgan fingerprint density at radius 3 is 2.67 bits per heavy atom. The van der Waals surface area contributed by atoms with Gasteiger partial charge in [0.1, 0.15) is 11.9 Å². The van der Waals surface area contributed by atoms with Crippen LogP contribution < -0.4 is 0 Å². The highest BCUT2D eigenvalue weighted by Crippen LogP contribution is 2.29. The van der Waals surface area contributed by atoms with Gasteiger partial charge in [-0.15, -0.1) is 0 Å². The van der Waals surface area contributed by atoms with Crippen molar-refractivity contribution in [1.82, 2.24) is 0 Å². The van der Waals surface area contributed by atoms with E-state index in [1.807, 2.05) is 13.8 Å². The van der Waals surface area contributed by atoms with E-state index in [0.29, 0.717) is 11.1 Å². The highest BCUT2D eigenvalue weighted by molar-refractivity contribution is 5.78. The second-order valence-electron chi connectivity index (χ2n) is 4.00. The molecule has 1 unspecified atom stereocenters. The molecule has 0 bridgehead atoms. The maximum absolute atomic E-state index is 13.3. The van der Waals surface area contributed by atoms with Gasteiger partial charge in [-0.3, -0.25) is 0 Å². The van der Waals surface area contributed by atoms with Crippen LogP contribution in [0, 0.1) is 11.7 Å². The molecule has 80 valence electrons. The fraction of sp³-hybridized carbons (Fsp3) is 0.333. The number of fused-ring (bicyclic) bond motifs is 1. The van der Waals surface area contributed by atoms with Crippen LogP contribution in [-0.2, 0) is 0 Å². The van der Waals surface area contributed by atoms with Gasteiger partial charge < -0.3 is 9.52 Å². The average molecular weight is 208 g/mol. The van der Waals surface area contributed by atoms with E-state index in [2.05, 4.69) is 0 Å². The number of halogens is 1. The topological polar surface area (TPSA) is 33.4 Å². The maximum Gasteiger partial charge on any atom is 0.170 e. The molecule has 2 rings (SSSR count). The van der Waals surface area contributed by atoms with Crippen LogP contribution in [0.4, 0.5) is 4.39 Å². The van der Waals surface area contributed by atoms with Crippen LogP contribution in [-0.4, -0.2) is 5.11 Å². The number of rotatable bonds is 2. The van der Waals surface area contributed by atoms with Crippen molar-refractivity contribution in [2.75, 3.05) is 0 Å². The zero-order chi connectivity index (χ0) is 11.0. The smallest absolute Gasteiger partial charge is 0.170 e. The summed E-state index contributed by atoms with van der Waals surface area (Å²) in [6, 6.07) is 6.41. The zero-order valence-corrected chi connectivity index (χ0v) is 8.70. The van der Waals surface area contributed by atoms with E-state index in [4.69, 9.17) is 4.42 Å². The molecule has 2 nitrogen and oxygen atoms in total. The van der Waals surface area contributed by atoms with Gasteiger partial charge in [-0.2, -0.15) is 0 Å². The number of aliphatic hydroxyl groups excluding tert-OH is 1. The largest absolute Gasteiger partial charge is 0.455 e. The molecule has 0 aliphatic carbocycles. The van der Waals surface area contributed by atoms with E-state index in [1.54, 1.807) is 18.2 Å². The van der Waals surface area contributed by atoms with Crippen molar-refractivity contribution in [1.29, 1.82) is 0 Å². The minimum atomic E-state index is -0.684. The molecule has 0 aliphatic heterocycles. The van der Waals surface area contributed by atoms with Gasteiger partial charge in [-0.25, -0.2) is 4.39 Å². The molecular formula is C12H13FO2. The fourth-order valence-electron chi connectivity index (χ4n) is 1.52. The first-order valence-electron chi connectivity index (χ1n) is 4.95. The monoisotopic (exact) mass is 208 g/mol. The summed E-state index contributed by atoms with van der Waals surface area (Å²) in [5.74, 6) is 0.0772. The van der Waals surface area contributed by atoms with Crippen LogP contribution in [0.5, 0.6) is 0 Å². The van der Waals surface area contributed by atoms with Crippen molar-refractivity contribution in [3.8, 4) is 0 Å². The van der Waals surface area contributed by atoms with E-state index >= 15 is 0 Å². The van der Waals surface area contributed by atoms with Crippen LogP contribution >= 0.6 is 0 Å². The summed E-state index contributed by atoms with van der Waals surface area (Å²) in [6.45, 7) is 3.77. The summed E-state index contributed by atoms with van der Waals surface area (Å²) in [5.41, 5.74) is 0.215. The normalized spacial score (nSPS) is 13.7. The Bertz CT molecular complexity index is 473. The number of benzene rings is 1. The van der Waals surface area contributed by atoms with Crippen LogP contribution in [0.25, 0.3) is 11.0 Å². The summed E-state index contributed by atoms with van der Waals surface area (Å²) in [7, 11) is 0. The van der Waals surface area contributed by atoms with Gasteiger partial charge in [0.15, 0.2) is 11.4 Å². The van der Waals surface area contributed by atoms with Crippen molar-refractivity contribution in [2.45, 2.75) is 20.0 Å². The molecule has 0 saturated heterocycles. The highest BCUT2D eigenvalue weighted by Gasteiger charge is 2.17. The molecule has 1 heterocycles. The Morgan fingerprint density at radius 1 is 1.33 bits per heavy atom. The summed E-state index contributed by atoms with van der Waals surface area (Å²) < 4.78 is 18.6.